The minimum absolute atomic E-state index is 0.243. The summed E-state index contributed by atoms with van der Waals surface area (Å²) in [6, 6.07) is 14.4. The molecule has 2 unspecified atom stereocenters. The van der Waals surface area contributed by atoms with Gasteiger partial charge < -0.3 is 9.84 Å². The minimum atomic E-state index is 0.243. The SMILES string of the molecule is COc1cc(Cl)c(Cl)cc1CN1CCC(CO)CC1c1ccccc1. The Hall–Kier alpha value is -1.26. The molecular formula is C20H23Cl2NO2. The summed E-state index contributed by atoms with van der Waals surface area (Å²) in [7, 11) is 1.65. The molecule has 0 aliphatic carbocycles. The van der Waals surface area contributed by atoms with Gasteiger partial charge >= 0.3 is 0 Å². The van der Waals surface area contributed by atoms with Gasteiger partial charge in [0.05, 0.1) is 17.2 Å². The second kappa shape index (κ2) is 8.41. The normalized spacial score (nSPS) is 21.3. The highest BCUT2D eigenvalue weighted by Crippen LogP contribution is 2.37. The van der Waals surface area contributed by atoms with E-state index >= 15 is 0 Å². The monoisotopic (exact) mass is 379 g/mol. The number of halogens is 2. The third-order valence-electron chi connectivity index (χ3n) is 4.96. The van der Waals surface area contributed by atoms with Crippen LogP contribution in [0.2, 0.25) is 10.0 Å². The average Bonchev–Trinajstić information content (AvgIpc) is 2.65. The van der Waals surface area contributed by atoms with Crippen LogP contribution in [-0.2, 0) is 6.54 Å². The molecule has 3 nitrogen and oxygen atoms in total. The molecule has 1 aliphatic heterocycles. The third kappa shape index (κ3) is 4.29. The molecule has 25 heavy (non-hydrogen) atoms. The maximum Gasteiger partial charge on any atom is 0.124 e. The van der Waals surface area contributed by atoms with Crippen LogP contribution >= 0.6 is 23.2 Å². The van der Waals surface area contributed by atoms with Crippen molar-refractivity contribution in [3.8, 4) is 5.75 Å². The van der Waals surface area contributed by atoms with Crippen molar-refractivity contribution in [2.24, 2.45) is 5.92 Å². The Bertz CT molecular complexity index is 708. The van der Waals surface area contributed by atoms with Crippen LogP contribution in [-0.4, -0.2) is 30.3 Å². The Balaban J connectivity index is 1.88. The molecule has 0 saturated carbocycles. The molecule has 0 radical (unpaired) electrons. The predicted molar refractivity (Wildman–Crippen MR) is 102 cm³/mol. The highest BCUT2D eigenvalue weighted by atomic mass is 35.5. The van der Waals surface area contributed by atoms with Gasteiger partial charge in [0.2, 0.25) is 0 Å². The lowest BCUT2D eigenvalue weighted by atomic mass is 9.87. The number of ether oxygens (including phenoxy) is 1. The number of nitrogens with zero attached hydrogens (tertiary/aromatic N) is 1. The minimum Gasteiger partial charge on any atom is -0.496 e. The first-order valence-corrected chi connectivity index (χ1v) is 9.29. The lowest BCUT2D eigenvalue weighted by Gasteiger charge is -2.39. The Labute approximate surface area is 159 Å². The number of benzene rings is 2. The first kappa shape index (κ1) is 18.5. The van der Waals surface area contributed by atoms with Gasteiger partial charge in [0, 0.05) is 30.8 Å². The fourth-order valence-electron chi connectivity index (χ4n) is 3.57. The zero-order chi connectivity index (χ0) is 17.8. The smallest absolute Gasteiger partial charge is 0.124 e. The molecule has 3 rings (SSSR count). The first-order valence-electron chi connectivity index (χ1n) is 8.54. The summed E-state index contributed by atoms with van der Waals surface area (Å²) in [5.41, 5.74) is 2.31. The van der Waals surface area contributed by atoms with Crippen LogP contribution < -0.4 is 4.74 Å². The van der Waals surface area contributed by atoms with Gasteiger partial charge in [-0.15, -0.1) is 0 Å². The van der Waals surface area contributed by atoms with E-state index in [0.717, 1.165) is 37.2 Å². The van der Waals surface area contributed by atoms with Gasteiger partial charge in [0.25, 0.3) is 0 Å². The van der Waals surface area contributed by atoms with Gasteiger partial charge in [-0.1, -0.05) is 53.5 Å². The Morgan fingerprint density at radius 1 is 1.16 bits per heavy atom. The molecule has 0 bridgehead atoms. The van der Waals surface area contributed by atoms with E-state index in [2.05, 4.69) is 29.2 Å². The maximum atomic E-state index is 9.61. The Kier molecular flexibility index (Phi) is 6.24. The van der Waals surface area contributed by atoms with Crippen LogP contribution in [0.3, 0.4) is 0 Å². The quantitative estimate of drug-likeness (QED) is 0.797. The van der Waals surface area contributed by atoms with Crippen molar-refractivity contribution < 1.29 is 9.84 Å². The van der Waals surface area contributed by atoms with E-state index in [0.29, 0.717) is 16.0 Å². The second-order valence-electron chi connectivity index (χ2n) is 6.55. The summed E-state index contributed by atoms with van der Waals surface area (Å²) >= 11 is 12.3. The summed E-state index contributed by atoms with van der Waals surface area (Å²) < 4.78 is 5.50. The summed E-state index contributed by atoms with van der Waals surface area (Å²) in [4.78, 5) is 2.43. The number of rotatable bonds is 5. The van der Waals surface area contributed by atoms with Crippen LogP contribution in [0.1, 0.15) is 30.0 Å². The predicted octanol–water partition coefficient (Wildman–Crippen LogP) is 4.95. The van der Waals surface area contributed by atoms with Crippen molar-refractivity contribution in [1.29, 1.82) is 0 Å². The van der Waals surface area contributed by atoms with Gasteiger partial charge in [0.15, 0.2) is 0 Å². The number of hydrogen-bond donors (Lipinski definition) is 1. The van der Waals surface area contributed by atoms with Crippen molar-refractivity contribution in [1.82, 2.24) is 4.90 Å². The molecule has 1 fully saturated rings. The van der Waals surface area contributed by atoms with E-state index in [9.17, 15) is 5.11 Å². The van der Waals surface area contributed by atoms with Crippen molar-refractivity contribution >= 4 is 23.2 Å². The van der Waals surface area contributed by atoms with Crippen molar-refractivity contribution in [3.63, 3.8) is 0 Å². The molecule has 1 saturated heterocycles. The van der Waals surface area contributed by atoms with E-state index in [4.69, 9.17) is 27.9 Å². The highest BCUT2D eigenvalue weighted by Gasteiger charge is 2.30. The average molecular weight is 380 g/mol. The topological polar surface area (TPSA) is 32.7 Å². The first-order chi connectivity index (χ1) is 12.1. The van der Waals surface area contributed by atoms with Crippen molar-refractivity contribution in [3.05, 3.63) is 63.6 Å². The number of likely N-dealkylation sites (tertiary alicyclic amines) is 1. The van der Waals surface area contributed by atoms with Gasteiger partial charge in [-0.05, 0) is 36.9 Å². The zero-order valence-corrected chi connectivity index (χ0v) is 15.8. The molecule has 5 heteroatoms. The summed E-state index contributed by atoms with van der Waals surface area (Å²) in [6.45, 7) is 1.90. The summed E-state index contributed by atoms with van der Waals surface area (Å²) in [5.74, 6) is 1.10. The molecule has 0 spiro atoms. The number of methoxy groups -OCH3 is 1. The Morgan fingerprint density at radius 3 is 2.56 bits per heavy atom. The van der Waals surface area contributed by atoms with Crippen LogP contribution in [0.15, 0.2) is 42.5 Å². The lowest BCUT2D eigenvalue weighted by molar-refractivity contribution is 0.0742. The third-order valence-corrected chi connectivity index (χ3v) is 5.68. The van der Waals surface area contributed by atoms with E-state index in [-0.39, 0.29) is 12.6 Å². The van der Waals surface area contributed by atoms with E-state index < -0.39 is 0 Å². The fourth-order valence-corrected chi connectivity index (χ4v) is 3.91. The number of aliphatic hydroxyl groups is 1. The van der Waals surface area contributed by atoms with E-state index in [1.165, 1.54) is 5.56 Å². The van der Waals surface area contributed by atoms with Gasteiger partial charge in [-0.3, -0.25) is 4.90 Å². The highest BCUT2D eigenvalue weighted by molar-refractivity contribution is 6.42. The van der Waals surface area contributed by atoms with Gasteiger partial charge in [-0.2, -0.15) is 0 Å². The van der Waals surface area contributed by atoms with Crippen LogP contribution in [0.25, 0.3) is 0 Å². The number of aliphatic hydroxyl groups excluding tert-OH is 1. The summed E-state index contributed by atoms with van der Waals surface area (Å²) in [6.07, 6.45) is 1.94. The van der Waals surface area contributed by atoms with Crippen LogP contribution in [0.5, 0.6) is 5.75 Å². The lowest BCUT2D eigenvalue weighted by Crippen LogP contribution is -2.37. The number of hydrogen-bond acceptors (Lipinski definition) is 3. The molecule has 2 aromatic rings. The molecule has 1 N–H and O–H groups in total. The molecular weight excluding hydrogens is 357 g/mol. The molecule has 1 heterocycles. The second-order valence-corrected chi connectivity index (χ2v) is 7.36. The van der Waals surface area contributed by atoms with Crippen molar-refractivity contribution in [2.75, 3.05) is 20.3 Å². The van der Waals surface area contributed by atoms with Crippen molar-refractivity contribution in [2.45, 2.75) is 25.4 Å². The van der Waals surface area contributed by atoms with E-state index in [1.54, 1.807) is 13.2 Å². The maximum absolute atomic E-state index is 9.61. The molecule has 0 aromatic heterocycles. The van der Waals surface area contributed by atoms with E-state index in [1.807, 2.05) is 12.1 Å². The number of piperidine rings is 1. The van der Waals surface area contributed by atoms with Crippen LogP contribution in [0.4, 0.5) is 0 Å². The van der Waals surface area contributed by atoms with Gasteiger partial charge in [-0.25, -0.2) is 0 Å². The standard InChI is InChI=1S/C20H23Cl2NO2/c1-25-20-11-18(22)17(21)10-16(20)12-23-8-7-14(13-24)9-19(23)15-5-3-2-4-6-15/h2-6,10-11,14,19,24H,7-9,12-13H2,1H3. The molecule has 0 amide bonds. The molecule has 134 valence electrons. The molecule has 1 aliphatic rings. The van der Waals surface area contributed by atoms with Crippen LogP contribution in [0, 0.1) is 5.92 Å². The molecule has 2 aromatic carbocycles. The summed E-state index contributed by atoms with van der Waals surface area (Å²) in [5, 5.41) is 10.7. The largest absolute Gasteiger partial charge is 0.496 e. The van der Waals surface area contributed by atoms with Gasteiger partial charge in [0.1, 0.15) is 5.75 Å². The molecule has 2 atom stereocenters. The fraction of sp³-hybridized carbons (Fsp3) is 0.400. The Morgan fingerprint density at radius 2 is 1.88 bits per heavy atom. The zero-order valence-electron chi connectivity index (χ0n) is 14.3.